The Kier molecular flexibility index (Phi) is 2.27. The predicted molar refractivity (Wildman–Crippen MR) is 67.7 cm³/mol. The van der Waals surface area contributed by atoms with Gasteiger partial charge in [-0.15, -0.1) is 0 Å². The minimum absolute atomic E-state index is 0.170. The third-order valence-corrected chi connectivity index (χ3v) is 5.62. The van der Waals surface area contributed by atoms with E-state index in [9.17, 15) is 4.79 Å². The van der Waals surface area contributed by atoms with E-state index in [1.165, 1.54) is 19.3 Å². The van der Waals surface area contributed by atoms with Gasteiger partial charge in [-0.2, -0.15) is 0 Å². The third kappa shape index (κ3) is 1.44. The van der Waals surface area contributed by atoms with E-state index >= 15 is 0 Å². The molecule has 1 saturated heterocycles. The smallest absolute Gasteiger partial charge is 0.317 e. The summed E-state index contributed by atoms with van der Waals surface area (Å²) in [6.45, 7) is 8.93. The first-order valence-electron chi connectivity index (χ1n) is 7.00. The zero-order valence-corrected chi connectivity index (χ0v) is 11.3. The number of urea groups is 1. The van der Waals surface area contributed by atoms with Gasteiger partial charge in [0.1, 0.15) is 0 Å². The summed E-state index contributed by atoms with van der Waals surface area (Å²) in [4.78, 5) is 14.2. The first-order valence-corrected chi connectivity index (χ1v) is 7.00. The lowest BCUT2D eigenvalue weighted by atomic mass is 9.67. The third-order valence-electron chi connectivity index (χ3n) is 5.62. The summed E-state index contributed by atoms with van der Waals surface area (Å²) in [6.07, 6.45) is 5.07. The molecule has 2 aliphatic carbocycles. The molecule has 3 fully saturated rings. The lowest BCUT2D eigenvalue weighted by Crippen LogP contribution is -2.59. The average molecular weight is 236 g/mol. The SMILES string of the molecule is CC12CCC(C1)C(C)(C)C2N1CCCNC1=O. The molecule has 0 aromatic rings. The van der Waals surface area contributed by atoms with Crippen molar-refractivity contribution in [1.29, 1.82) is 0 Å². The van der Waals surface area contributed by atoms with Crippen LogP contribution in [-0.2, 0) is 0 Å². The fourth-order valence-corrected chi connectivity index (χ4v) is 4.95. The van der Waals surface area contributed by atoms with Gasteiger partial charge in [0.15, 0.2) is 0 Å². The molecule has 2 amide bonds. The first-order chi connectivity index (χ1) is 7.95. The van der Waals surface area contributed by atoms with Gasteiger partial charge in [-0.25, -0.2) is 4.79 Å². The Hall–Kier alpha value is -0.730. The van der Waals surface area contributed by atoms with Crippen molar-refractivity contribution in [3.05, 3.63) is 0 Å². The van der Waals surface area contributed by atoms with Crippen molar-refractivity contribution < 1.29 is 4.79 Å². The highest BCUT2D eigenvalue weighted by atomic mass is 16.2. The minimum Gasteiger partial charge on any atom is -0.338 e. The predicted octanol–water partition coefficient (Wildman–Crippen LogP) is 2.62. The van der Waals surface area contributed by atoms with Crippen LogP contribution < -0.4 is 5.32 Å². The van der Waals surface area contributed by atoms with Gasteiger partial charge in [0.25, 0.3) is 0 Å². The van der Waals surface area contributed by atoms with Gasteiger partial charge >= 0.3 is 6.03 Å². The van der Waals surface area contributed by atoms with Crippen LogP contribution in [0.4, 0.5) is 4.79 Å². The van der Waals surface area contributed by atoms with Gasteiger partial charge in [-0.3, -0.25) is 0 Å². The number of carbonyl (C=O) groups excluding carboxylic acids is 1. The zero-order chi connectivity index (χ0) is 12.3. The second-order valence-corrected chi connectivity index (χ2v) is 7.10. The van der Waals surface area contributed by atoms with Gasteiger partial charge in [0, 0.05) is 19.1 Å². The van der Waals surface area contributed by atoms with Crippen molar-refractivity contribution in [2.75, 3.05) is 13.1 Å². The summed E-state index contributed by atoms with van der Waals surface area (Å²) in [5.74, 6) is 0.812. The van der Waals surface area contributed by atoms with Crippen molar-refractivity contribution in [3.63, 3.8) is 0 Å². The highest BCUT2D eigenvalue weighted by molar-refractivity contribution is 5.75. The number of nitrogens with zero attached hydrogens (tertiary/aromatic N) is 1. The maximum absolute atomic E-state index is 12.1. The Morgan fingerprint density at radius 2 is 2.12 bits per heavy atom. The average Bonchev–Trinajstić information content (AvgIpc) is 2.72. The molecule has 1 aliphatic heterocycles. The Labute approximate surface area is 104 Å². The summed E-state index contributed by atoms with van der Waals surface area (Å²) in [6, 6.07) is 0.608. The van der Waals surface area contributed by atoms with Gasteiger partial charge in [0.2, 0.25) is 0 Å². The van der Waals surface area contributed by atoms with Gasteiger partial charge in [0.05, 0.1) is 0 Å². The molecule has 1 N–H and O–H groups in total. The molecule has 3 atom stereocenters. The molecule has 3 aliphatic rings. The lowest BCUT2D eigenvalue weighted by Gasteiger charge is -2.49. The minimum atomic E-state index is 0.170. The monoisotopic (exact) mass is 236 g/mol. The van der Waals surface area contributed by atoms with Crippen molar-refractivity contribution >= 4 is 6.03 Å². The Balaban J connectivity index is 1.93. The van der Waals surface area contributed by atoms with Crippen LogP contribution >= 0.6 is 0 Å². The van der Waals surface area contributed by atoms with Crippen LogP contribution in [0.25, 0.3) is 0 Å². The first kappa shape index (κ1) is 11.4. The number of amides is 2. The number of hydrogen-bond donors (Lipinski definition) is 1. The van der Waals surface area contributed by atoms with E-state index in [4.69, 9.17) is 0 Å². The molecule has 96 valence electrons. The molecule has 0 aromatic heterocycles. The van der Waals surface area contributed by atoms with E-state index in [1.54, 1.807) is 0 Å². The second kappa shape index (κ2) is 3.39. The van der Waals surface area contributed by atoms with Crippen molar-refractivity contribution in [2.45, 2.75) is 52.5 Å². The van der Waals surface area contributed by atoms with E-state index in [2.05, 4.69) is 31.0 Å². The van der Waals surface area contributed by atoms with Gasteiger partial charge < -0.3 is 10.2 Å². The molecule has 3 heteroatoms. The maximum atomic E-state index is 12.1. The van der Waals surface area contributed by atoms with E-state index in [0.29, 0.717) is 16.9 Å². The van der Waals surface area contributed by atoms with Crippen molar-refractivity contribution in [2.24, 2.45) is 16.7 Å². The number of nitrogens with one attached hydrogen (secondary N) is 1. The lowest BCUT2D eigenvalue weighted by molar-refractivity contribution is 0.0208. The molecule has 0 aromatic carbocycles. The molecule has 0 radical (unpaired) electrons. The summed E-state index contributed by atoms with van der Waals surface area (Å²) >= 11 is 0. The molecule has 3 nitrogen and oxygen atoms in total. The Morgan fingerprint density at radius 3 is 2.71 bits per heavy atom. The summed E-state index contributed by atoms with van der Waals surface area (Å²) in [5, 5.41) is 3.01. The van der Waals surface area contributed by atoms with Crippen LogP contribution in [-0.4, -0.2) is 30.1 Å². The van der Waals surface area contributed by atoms with Crippen LogP contribution in [0.15, 0.2) is 0 Å². The molecule has 3 rings (SSSR count). The van der Waals surface area contributed by atoms with E-state index in [-0.39, 0.29) is 6.03 Å². The molecule has 2 bridgehead atoms. The largest absolute Gasteiger partial charge is 0.338 e. The maximum Gasteiger partial charge on any atom is 0.317 e. The number of fused-ring (bicyclic) bond motifs is 2. The summed E-state index contributed by atoms with van der Waals surface area (Å²) in [5.41, 5.74) is 0.657. The molecule has 17 heavy (non-hydrogen) atoms. The summed E-state index contributed by atoms with van der Waals surface area (Å²) < 4.78 is 0. The molecular formula is C14H24N2O. The van der Waals surface area contributed by atoms with E-state index < -0.39 is 0 Å². The molecule has 2 saturated carbocycles. The van der Waals surface area contributed by atoms with E-state index in [1.807, 2.05) is 0 Å². The molecule has 3 unspecified atom stereocenters. The fourth-order valence-electron chi connectivity index (χ4n) is 4.95. The number of hydrogen-bond acceptors (Lipinski definition) is 1. The quantitative estimate of drug-likeness (QED) is 0.745. The number of rotatable bonds is 1. The molecule has 0 spiro atoms. The van der Waals surface area contributed by atoms with Crippen molar-refractivity contribution in [3.8, 4) is 0 Å². The Bertz CT molecular complexity index is 347. The zero-order valence-electron chi connectivity index (χ0n) is 11.3. The summed E-state index contributed by atoms with van der Waals surface area (Å²) in [7, 11) is 0. The van der Waals surface area contributed by atoms with Gasteiger partial charge in [-0.05, 0) is 42.4 Å². The van der Waals surface area contributed by atoms with Crippen LogP contribution in [0.2, 0.25) is 0 Å². The molecule has 1 heterocycles. The fraction of sp³-hybridized carbons (Fsp3) is 0.929. The molecular weight excluding hydrogens is 212 g/mol. The highest BCUT2D eigenvalue weighted by Crippen LogP contribution is 2.64. The van der Waals surface area contributed by atoms with Crippen LogP contribution in [0.1, 0.15) is 46.5 Å². The van der Waals surface area contributed by atoms with Crippen LogP contribution in [0.5, 0.6) is 0 Å². The highest BCUT2D eigenvalue weighted by Gasteiger charge is 2.61. The Morgan fingerprint density at radius 1 is 1.35 bits per heavy atom. The van der Waals surface area contributed by atoms with Crippen LogP contribution in [0.3, 0.4) is 0 Å². The second-order valence-electron chi connectivity index (χ2n) is 7.10. The van der Waals surface area contributed by atoms with Crippen molar-refractivity contribution in [1.82, 2.24) is 10.2 Å². The van der Waals surface area contributed by atoms with Crippen LogP contribution in [0, 0.1) is 16.7 Å². The topological polar surface area (TPSA) is 32.3 Å². The number of carbonyl (C=O) groups is 1. The van der Waals surface area contributed by atoms with E-state index in [0.717, 1.165) is 25.4 Å². The standard InChI is InChI=1S/C14H24N2O/c1-13(2)10-5-6-14(3,9-10)11(13)16-8-4-7-15-12(16)17/h10-11H,4-9H2,1-3H3,(H,15,17). The van der Waals surface area contributed by atoms with Gasteiger partial charge in [-0.1, -0.05) is 20.8 Å². The normalized spacial score (nSPS) is 43.9.